The molecule has 0 saturated carbocycles. The lowest BCUT2D eigenvalue weighted by atomic mass is 10.2. The Labute approximate surface area is 83.7 Å². The molecule has 0 spiro atoms. The number of hydrogen-bond acceptors (Lipinski definition) is 3. The van der Waals surface area contributed by atoms with E-state index in [0.29, 0.717) is 6.61 Å². The van der Waals surface area contributed by atoms with Crippen molar-refractivity contribution in [3.63, 3.8) is 0 Å². The highest BCUT2D eigenvalue weighted by Gasteiger charge is 1.93. The molecule has 0 bridgehead atoms. The molecule has 0 aliphatic carbocycles. The van der Waals surface area contributed by atoms with Crippen molar-refractivity contribution in [1.82, 2.24) is 0 Å². The zero-order valence-corrected chi connectivity index (χ0v) is 8.65. The number of carboxylic acid groups (broad SMARTS) is 2. The number of hydrogen-bond donors (Lipinski definition) is 2. The molecule has 84 valence electrons. The lowest BCUT2D eigenvalue weighted by Crippen LogP contribution is -2.01. The van der Waals surface area contributed by atoms with Crippen molar-refractivity contribution in [3.05, 3.63) is 0 Å². The Balaban J connectivity index is 0. The molecule has 0 aromatic heterocycles. The Morgan fingerprint density at radius 1 is 1.14 bits per heavy atom. The molecule has 14 heavy (non-hydrogen) atoms. The average molecular weight is 206 g/mol. The molecule has 2 N–H and O–H groups in total. The SMILES string of the molecule is CC(=O)O.CCCCCCOC(=O)O. The second kappa shape index (κ2) is 11.7. The third kappa shape index (κ3) is 30.9. The molecule has 0 atom stereocenters. The fourth-order valence-electron chi connectivity index (χ4n) is 0.688. The lowest BCUT2D eigenvalue weighted by molar-refractivity contribution is -0.134. The van der Waals surface area contributed by atoms with Crippen LogP contribution < -0.4 is 0 Å². The van der Waals surface area contributed by atoms with Gasteiger partial charge in [0.15, 0.2) is 0 Å². The molecule has 5 nitrogen and oxygen atoms in total. The van der Waals surface area contributed by atoms with Gasteiger partial charge in [-0.1, -0.05) is 26.2 Å². The molecule has 0 aliphatic rings. The molecule has 0 saturated heterocycles. The summed E-state index contributed by atoms with van der Waals surface area (Å²) in [6.07, 6.45) is 3.05. The number of rotatable bonds is 5. The number of aliphatic carboxylic acids is 1. The van der Waals surface area contributed by atoms with Gasteiger partial charge in [-0.25, -0.2) is 4.79 Å². The minimum atomic E-state index is -1.17. The Kier molecular flexibility index (Phi) is 12.8. The first-order valence-electron chi connectivity index (χ1n) is 4.56. The lowest BCUT2D eigenvalue weighted by Gasteiger charge is -1.98. The van der Waals surface area contributed by atoms with Crippen molar-refractivity contribution in [1.29, 1.82) is 0 Å². The van der Waals surface area contributed by atoms with Crippen molar-refractivity contribution in [2.24, 2.45) is 0 Å². The topological polar surface area (TPSA) is 83.8 Å². The Morgan fingerprint density at radius 3 is 2.00 bits per heavy atom. The largest absolute Gasteiger partial charge is 0.505 e. The number of carbonyl (C=O) groups is 2. The molecule has 0 rings (SSSR count). The van der Waals surface area contributed by atoms with Crippen LogP contribution >= 0.6 is 0 Å². The molecule has 0 heterocycles. The minimum Gasteiger partial charge on any atom is -0.481 e. The standard InChI is InChI=1S/C7H14O3.C2H4O2/c1-2-3-4-5-6-10-7(8)9;1-2(3)4/h2-6H2,1H3,(H,8,9);1H3,(H,3,4). The molecular formula is C9H18O5. The van der Waals surface area contributed by atoms with Crippen LogP contribution in [0.25, 0.3) is 0 Å². The van der Waals surface area contributed by atoms with E-state index in [1.165, 1.54) is 0 Å². The fraction of sp³-hybridized carbons (Fsp3) is 0.778. The van der Waals surface area contributed by atoms with Gasteiger partial charge in [0.25, 0.3) is 5.97 Å². The summed E-state index contributed by atoms with van der Waals surface area (Å²) in [4.78, 5) is 18.8. The van der Waals surface area contributed by atoms with Gasteiger partial charge in [0.1, 0.15) is 0 Å². The fourth-order valence-corrected chi connectivity index (χ4v) is 0.688. The first kappa shape index (κ1) is 15.2. The van der Waals surface area contributed by atoms with E-state index in [0.717, 1.165) is 32.6 Å². The third-order valence-electron chi connectivity index (χ3n) is 1.22. The van der Waals surface area contributed by atoms with Crippen LogP contribution in [0.2, 0.25) is 0 Å². The second-order valence-corrected chi connectivity index (χ2v) is 2.69. The van der Waals surface area contributed by atoms with E-state index in [1.54, 1.807) is 0 Å². The molecule has 0 unspecified atom stereocenters. The van der Waals surface area contributed by atoms with Gasteiger partial charge in [0, 0.05) is 6.92 Å². The van der Waals surface area contributed by atoms with Gasteiger partial charge in [-0.05, 0) is 6.42 Å². The summed E-state index contributed by atoms with van der Waals surface area (Å²) in [7, 11) is 0. The summed E-state index contributed by atoms with van der Waals surface area (Å²) in [5.74, 6) is -0.833. The third-order valence-corrected chi connectivity index (χ3v) is 1.22. The Hall–Kier alpha value is -1.26. The highest BCUT2D eigenvalue weighted by atomic mass is 16.7. The highest BCUT2D eigenvalue weighted by Crippen LogP contribution is 1.98. The van der Waals surface area contributed by atoms with Crippen LogP contribution in [0.4, 0.5) is 4.79 Å². The predicted molar refractivity (Wildman–Crippen MR) is 51.4 cm³/mol. The summed E-state index contributed by atoms with van der Waals surface area (Å²) in [5, 5.41) is 15.5. The van der Waals surface area contributed by atoms with E-state index in [9.17, 15) is 4.79 Å². The maximum atomic E-state index is 9.81. The van der Waals surface area contributed by atoms with E-state index in [-0.39, 0.29) is 0 Å². The van der Waals surface area contributed by atoms with Crippen LogP contribution in [0.15, 0.2) is 0 Å². The zero-order valence-electron chi connectivity index (χ0n) is 8.65. The van der Waals surface area contributed by atoms with E-state index >= 15 is 0 Å². The van der Waals surface area contributed by atoms with E-state index in [4.69, 9.17) is 15.0 Å². The van der Waals surface area contributed by atoms with Gasteiger partial charge in [-0.15, -0.1) is 0 Å². The molecular weight excluding hydrogens is 188 g/mol. The van der Waals surface area contributed by atoms with Crippen LogP contribution in [-0.2, 0) is 9.53 Å². The number of ether oxygens (including phenoxy) is 1. The first-order valence-corrected chi connectivity index (χ1v) is 4.56. The van der Waals surface area contributed by atoms with E-state index in [2.05, 4.69) is 11.7 Å². The summed E-state index contributed by atoms with van der Waals surface area (Å²) < 4.78 is 4.31. The van der Waals surface area contributed by atoms with E-state index in [1.807, 2.05) is 0 Å². The summed E-state index contributed by atoms with van der Waals surface area (Å²) in [6, 6.07) is 0. The van der Waals surface area contributed by atoms with Crippen LogP contribution in [0.3, 0.4) is 0 Å². The summed E-state index contributed by atoms with van der Waals surface area (Å²) in [6.45, 7) is 3.54. The monoisotopic (exact) mass is 206 g/mol. The van der Waals surface area contributed by atoms with Crippen molar-refractivity contribution in [3.8, 4) is 0 Å². The van der Waals surface area contributed by atoms with Crippen molar-refractivity contribution in [2.75, 3.05) is 6.61 Å². The van der Waals surface area contributed by atoms with Gasteiger partial charge in [-0.3, -0.25) is 4.79 Å². The molecule has 5 heteroatoms. The summed E-state index contributed by atoms with van der Waals surface area (Å²) >= 11 is 0. The van der Waals surface area contributed by atoms with Crippen molar-refractivity contribution in [2.45, 2.75) is 39.5 Å². The van der Waals surface area contributed by atoms with Crippen molar-refractivity contribution >= 4 is 12.1 Å². The molecule has 0 aromatic rings. The Morgan fingerprint density at radius 2 is 1.64 bits per heavy atom. The molecule has 0 aliphatic heterocycles. The maximum Gasteiger partial charge on any atom is 0.505 e. The quantitative estimate of drug-likeness (QED) is 0.532. The van der Waals surface area contributed by atoms with Gasteiger partial charge >= 0.3 is 6.16 Å². The molecule has 0 fully saturated rings. The first-order chi connectivity index (χ1) is 6.50. The smallest absolute Gasteiger partial charge is 0.481 e. The van der Waals surface area contributed by atoms with Crippen LogP contribution in [0, 0.1) is 0 Å². The second-order valence-electron chi connectivity index (χ2n) is 2.69. The van der Waals surface area contributed by atoms with E-state index < -0.39 is 12.1 Å². The Bertz CT molecular complexity index is 151. The normalized spacial score (nSPS) is 8.43. The molecule has 0 amide bonds. The molecule has 0 aromatic carbocycles. The van der Waals surface area contributed by atoms with Crippen LogP contribution in [0.1, 0.15) is 39.5 Å². The van der Waals surface area contributed by atoms with Gasteiger partial charge in [0.2, 0.25) is 0 Å². The van der Waals surface area contributed by atoms with Crippen LogP contribution in [0.5, 0.6) is 0 Å². The predicted octanol–water partition coefficient (Wildman–Crippen LogP) is 2.35. The maximum absolute atomic E-state index is 9.81. The average Bonchev–Trinajstić information content (AvgIpc) is 2.02. The van der Waals surface area contributed by atoms with Gasteiger partial charge in [-0.2, -0.15) is 0 Å². The van der Waals surface area contributed by atoms with Crippen LogP contribution in [-0.4, -0.2) is 28.9 Å². The highest BCUT2D eigenvalue weighted by molar-refractivity contribution is 5.62. The minimum absolute atomic E-state index is 0.343. The molecule has 0 radical (unpaired) electrons. The van der Waals surface area contributed by atoms with Gasteiger partial charge < -0.3 is 14.9 Å². The summed E-state index contributed by atoms with van der Waals surface area (Å²) in [5.41, 5.74) is 0. The van der Waals surface area contributed by atoms with Crippen molar-refractivity contribution < 1.29 is 24.5 Å². The number of unbranched alkanes of at least 4 members (excludes halogenated alkanes) is 3. The van der Waals surface area contributed by atoms with Gasteiger partial charge in [0.05, 0.1) is 6.61 Å². The zero-order chi connectivity index (χ0) is 11.4. The number of carboxylic acids is 1.